The third kappa shape index (κ3) is 2.99. The summed E-state index contributed by atoms with van der Waals surface area (Å²) in [6.45, 7) is 1.49. The Kier molecular flexibility index (Phi) is 4.27. The minimum absolute atomic E-state index is 0.0903. The van der Waals surface area contributed by atoms with E-state index in [1.807, 2.05) is 12.1 Å². The molecule has 0 bridgehead atoms. The number of carbonyl (C=O) groups excluding carboxylic acids is 1. The highest BCUT2D eigenvalue weighted by molar-refractivity contribution is 9.10. The van der Waals surface area contributed by atoms with Crippen molar-refractivity contribution >= 4 is 21.8 Å². The van der Waals surface area contributed by atoms with Gasteiger partial charge in [0.2, 0.25) is 5.91 Å². The molecule has 0 radical (unpaired) electrons. The monoisotopic (exact) mass is 338 g/mol. The summed E-state index contributed by atoms with van der Waals surface area (Å²) in [4.78, 5) is 12.1. The largest absolute Gasteiger partial charge is 0.493 e. The lowest BCUT2D eigenvalue weighted by molar-refractivity contribution is -0.123. The number of hydrogen-bond acceptors (Lipinski definition) is 3. The lowest BCUT2D eigenvalue weighted by Gasteiger charge is -2.29. The fraction of sp³-hybridized carbons (Fsp3) is 0.533. The molecule has 3 rings (SSSR count). The Hall–Kier alpha value is -1.07. The molecule has 20 heavy (non-hydrogen) atoms. The van der Waals surface area contributed by atoms with Crippen LogP contribution in [0.3, 0.4) is 0 Å². The molecule has 2 heterocycles. The topological polar surface area (TPSA) is 50.4 Å². The van der Waals surface area contributed by atoms with E-state index in [-0.39, 0.29) is 18.0 Å². The Morgan fingerprint density at radius 2 is 2.15 bits per heavy atom. The van der Waals surface area contributed by atoms with E-state index >= 15 is 0 Å². The second-order valence-corrected chi connectivity index (χ2v) is 6.29. The van der Waals surface area contributed by atoms with Gasteiger partial charge in [0.05, 0.1) is 12.6 Å². The van der Waals surface area contributed by atoms with Crippen molar-refractivity contribution in [3.05, 3.63) is 28.2 Å². The van der Waals surface area contributed by atoms with Gasteiger partial charge in [-0.1, -0.05) is 15.9 Å². The fourth-order valence-corrected chi connectivity index (χ4v) is 3.26. The molecule has 1 saturated heterocycles. The molecule has 2 unspecified atom stereocenters. The van der Waals surface area contributed by atoms with Gasteiger partial charge in [0.1, 0.15) is 5.75 Å². The summed E-state index contributed by atoms with van der Waals surface area (Å²) in [6.07, 6.45) is 3.96. The molecule has 0 aliphatic carbocycles. The number of amides is 1. The van der Waals surface area contributed by atoms with Gasteiger partial charge in [0.25, 0.3) is 0 Å². The lowest BCUT2D eigenvalue weighted by Crippen LogP contribution is -2.45. The molecule has 108 valence electrons. The summed E-state index contributed by atoms with van der Waals surface area (Å²) < 4.78 is 6.73. The Balaban J connectivity index is 1.78. The van der Waals surface area contributed by atoms with Crippen molar-refractivity contribution < 1.29 is 9.53 Å². The van der Waals surface area contributed by atoms with Crippen molar-refractivity contribution in [2.45, 2.75) is 37.8 Å². The van der Waals surface area contributed by atoms with Gasteiger partial charge in [-0.2, -0.15) is 0 Å². The average Bonchev–Trinajstić information content (AvgIpc) is 2.65. The zero-order valence-corrected chi connectivity index (χ0v) is 12.9. The van der Waals surface area contributed by atoms with Crippen LogP contribution in [0.1, 0.15) is 37.3 Å². The van der Waals surface area contributed by atoms with Crippen molar-refractivity contribution in [1.29, 1.82) is 0 Å². The highest BCUT2D eigenvalue weighted by Crippen LogP contribution is 2.34. The first-order valence-electron chi connectivity index (χ1n) is 7.20. The van der Waals surface area contributed by atoms with Gasteiger partial charge in [0, 0.05) is 29.0 Å². The van der Waals surface area contributed by atoms with E-state index in [2.05, 4.69) is 32.6 Å². The van der Waals surface area contributed by atoms with Gasteiger partial charge in [-0.3, -0.25) is 10.1 Å². The smallest absolute Gasteiger partial charge is 0.237 e. The minimum atomic E-state index is -0.0903. The molecule has 1 fully saturated rings. The number of benzene rings is 1. The first kappa shape index (κ1) is 13.9. The van der Waals surface area contributed by atoms with E-state index in [4.69, 9.17) is 4.74 Å². The molecule has 4 nitrogen and oxygen atoms in total. The van der Waals surface area contributed by atoms with Gasteiger partial charge in [0.15, 0.2) is 0 Å². The Labute approximate surface area is 127 Å². The maximum atomic E-state index is 12.1. The van der Waals surface area contributed by atoms with Gasteiger partial charge >= 0.3 is 0 Å². The van der Waals surface area contributed by atoms with Crippen molar-refractivity contribution in [2.75, 3.05) is 13.2 Å². The van der Waals surface area contributed by atoms with Crippen LogP contribution in [0.5, 0.6) is 5.75 Å². The van der Waals surface area contributed by atoms with Gasteiger partial charge in [-0.15, -0.1) is 0 Å². The van der Waals surface area contributed by atoms with Crippen molar-refractivity contribution in [3.8, 4) is 5.75 Å². The quantitative estimate of drug-likeness (QED) is 0.871. The summed E-state index contributed by atoms with van der Waals surface area (Å²) in [7, 11) is 0. The molecular formula is C15H19BrN2O2. The minimum Gasteiger partial charge on any atom is -0.493 e. The van der Waals surface area contributed by atoms with E-state index in [0.717, 1.165) is 48.0 Å². The highest BCUT2D eigenvalue weighted by atomic mass is 79.9. The maximum Gasteiger partial charge on any atom is 0.237 e. The first-order chi connectivity index (χ1) is 9.74. The molecule has 1 aromatic carbocycles. The zero-order valence-electron chi connectivity index (χ0n) is 11.3. The average molecular weight is 339 g/mol. The summed E-state index contributed by atoms with van der Waals surface area (Å²) in [5.41, 5.74) is 1.14. The van der Waals surface area contributed by atoms with Gasteiger partial charge < -0.3 is 10.1 Å². The molecule has 0 aromatic heterocycles. The number of nitrogens with one attached hydrogen (secondary N) is 2. The third-order valence-electron chi connectivity index (χ3n) is 3.95. The summed E-state index contributed by atoms with van der Waals surface area (Å²) in [5.74, 6) is 1.05. The van der Waals surface area contributed by atoms with E-state index in [1.165, 1.54) is 0 Å². The highest BCUT2D eigenvalue weighted by Gasteiger charge is 2.28. The molecule has 2 aliphatic heterocycles. The van der Waals surface area contributed by atoms with Gasteiger partial charge in [-0.25, -0.2) is 0 Å². The molecule has 2 N–H and O–H groups in total. The fourth-order valence-electron chi connectivity index (χ4n) is 2.88. The van der Waals surface area contributed by atoms with E-state index in [9.17, 15) is 4.79 Å². The van der Waals surface area contributed by atoms with Crippen LogP contribution in [-0.2, 0) is 4.79 Å². The second-order valence-electron chi connectivity index (χ2n) is 5.38. The normalized spacial score (nSPS) is 26.1. The standard InChI is InChI=1S/C15H19BrN2O2/c16-10-4-5-14-11(9-10)12(6-8-20-14)18-13-3-1-2-7-17-15(13)19/h4-5,9,12-13,18H,1-3,6-8H2,(H,17,19). The lowest BCUT2D eigenvalue weighted by atomic mass is 9.98. The SMILES string of the molecule is O=C1NCCCCC1NC1CCOc2ccc(Br)cc21. The van der Waals surface area contributed by atoms with Crippen molar-refractivity contribution in [1.82, 2.24) is 10.6 Å². The molecule has 5 heteroatoms. The van der Waals surface area contributed by atoms with Crippen LogP contribution in [0.25, 0.3) is 0 Å². The second kappa shape index (κ2) is 6.14. The zero-order chi connectivity index (χ0) is 13.9. The van der Waals surface area contributed by atoms with E-state index in [1.54, 1.807) is 0 Å². The molecule has 2 atom stereocenters. The first-order valence-corrected chi connectivity index (χ1v) is 7.99. The van der Waals surface area contributed by atoms with Crippen LogP contribution >= 0.6 is 15.9 Å². The number of hydrogen-bond donors (Lipinski definition) is 2. The van der Waals surface area contributed by atoms with Crippen molar-refractivity contribution in [2.24, 2.45) is 0 Å². The van der Waals surface area contributed by atoms with Gasteiger partial charge in [-0.05, 0) is 37.5 Å². The van der Waals surface area contributed by atoms with Crippen molar-refractivity contribution in [3.63, 3.8) is 0 Å². The van der Waals surface area contributed by atoms with Crippen LogP contribution < -0.4 is 15.4 Å². The number of rotatable bonds is 2. The molecule has 0 saturated carbocycles. The number of ether oxygens (including phenoxy) is 1. The Bertz CT molecular complexity index is 507. The number of halogens is 1. The molecule has 1 amide bonds. The maximum absolute atomic E-state index is 12.1. The van der Waals surface area contributed by atoms with E-state index in [0.29, 0.717) is 6.61 Å². The van der Waals surface area contributed by atoms with Crippen LogP contribution in [-0.4, -0.2) is 25.1 Å². The van der Waals surface area contributed by atoms with E-state index < -0.39 is 0 Å². The van der Waals surface area contributed by atoms with Crippen LogP contribution in [0, 0.1) is 0 Å². The molecule has 1 aromatic rings. The molecular weight excluding hydrogens is 320 g/mol. The van der Waals surface area contributed by atoms with Crippen LogP contribution in [0.4, 0.5) is 0 Å². The predicted octanol–water partition coefficient (Wildman–Crippen LogP) is 2.53. The Morgan fingerprint density at radius 1 is 1.25 bits per heavy atom. The Morgan fingerprint density at radius 3 is 3.05 bits per heavy atom. The van der Waals surface area contributed by atoms with Crippen LogP contribution in [0.15, 0.2) is 22.7 Å². The summed E-state index contributed by atoms with van der Waals surface area (Å²) in [5, 5.41) is 6.50. The number of fused-ring (bicyclic) bond motifs is 1. The summed E-state index contributed by atoms with van der Waals surface area (Å²) in [6, 6.07) is 6.15. The summed E-state index contributed by atoms with van der Waals surface area (Å²) >= 11 is 3.50. The molecule has 0 spiro atoms. The van der Waals surface area contributed by atoms with Crippen LogP contribution in [0.2, 0.25) is 0 Å². The number of carbonyl (C=O) groups is 1. The third-order valence-corrected chi connectivity index (χ3v) is 4.44. The predicted molar refractivity (Wildman–Crippen MR) is 80.8 cm³/mol. The molecule has 2 aliphatic rings.